The zero-order chi connectivity index (χ0) is 22.6. The van der Waals surface area contributed by atoms with E-state index in [2.05, 4.69) is 41.7 Å². The normalized spacial score (nSPS) is 12.8. The fourth-order valence-electron chi connectivity index (χ4n) is 5.22. The van der Waals surface area contributed by atoms with Crippen molar-refractivity contribution in [2.45, 2.75) is 40.2 Å². The van der Waals surface area contributed by atoms with Crippen molar-refractivity contribution < 1.29 is 9.53 Å². The number of nitriles is 1. The fourth-order valence-corrected chi connectivity index (χ4v) is 5.22. The van der Waals surface area contributed by atoms with E-state index in [1.807, 2.05) is 30.1 Å². The van der Waals surface area contributed by atoms with Crippen LogP contribution in [0.15, 0.2) is 30.5 Å². The van der Waals surface area contributed by atoms with Crippen LogP contribution in [0.3, 0.4) is 0 Å². The van der Waals surface area contributed by atoms with Crippen molar-refractivity contribution in [1.82, 2.24) is 14.3 Å². The Morgan fingerprint density at radius 2 is 2.06 bits per heavy atom. The van der Waals surface area contributed by atoms with Crippen molar-refractivity contribution in [3.63, 3.8) is 0 Å². The molecule has 0 saturated carbocycles. The summed E-state index contributed by atoms with van der Waals surface area (Å²) in [5.74, 6) is -0.0166. The second-order valence-electron chi connectivity index (χ2n) is 8.81. The molecule has 1 aliphatic carbocycles. The Hall–Kier alpha value is -3.59. The SMILES string of the molecule is CCOC(=O)c1c2c(c3c(c1C#N)c1ccccc1n3CC(C)C)CCc1c-2cnn1C. The number of fused-ring (bicyclic) bond motifs is 7. The van der Waals surface area contributed by atoms with Gasteiger partial charge in [-0.15, -0.1) is 0 Å². The van der Waals surface area contributed by atoms with Gasteiger partial charge in [0.1, 0.15) is 6.07 Å². The number of para-hydroxylation sites is 1. The highest BCUT2D eigenvalue weighted by atomic mass is 16.5. The van der Waals surface area contributed by atoms with E-state index in [0.29, 0.717) is 17.0 Å². The van der Waals surface area contributed by atoms with Crippen LogP contribution in [-0.2, 0) is 31.2 Å². The predicted molar refractivity (Wildman–Crippen MR) is 125 cm³/mol. The van der Waals surface area contributed by atoms with Gasteiger partial charge in [0.25, 0.3) is 0 Å². The number of nitrogens with zero attached hydrogens (tertiary/aromatic N) is 4. The van der Waals surface area contributed by atoms with Crippen molar-refractivity contribution in [3.05, 3.63) is 52.8 Å². The summed E-state index contributed by atoms with van der Waals surface area (Å²) in [7, 11) is 1.92. The molecule has 0 N–H and O–H groups in total. The maximum atomic E-state index is 13.3. The van der Waals surface area contributed by atoms with Gasteiger partial charge in [-0.1, -0.05) is 32.0 Å². The van der Waals surface area contributed by atoms with Gasteiger partial charge >= 0.3 is 5.97 Å². The van der Waals surface area contributed by atoms with Crippen molar-refractivity contribution in [3.8, 4) is 17.2 Å². The first-order valence-corrected chi connectivity index (χ1v) is 11.2. The van der Waals surface area contributed by atoms with E-state index in [4.69, 9.17) is 4.74 Å². The molecule has 2 heterocycles. The molecule has 0 atom stereocenters. The van der Waals surface area contributed by atoms with Crippen LogP contribution in [0.4, 0.5) is 0 Å². The molecule has 0 saturated heterocycles. The first-order chi connectivity index (χ1) is 15.5. The maximum Gasteiger partial charge on any atom is 0.340 e. The molecule has 5 rings (SSSR count). The molecule has 2 aromatic heterocycles. The van der Waals surface area contributed by atoms with Gasteiger partial charge in [-0.3, -0.25) is 4.68 Å². The number of benzene rings is 2. The third kappa shape index (κ3) is 2.77. The second-order valence-corrected chi connectivity index (χ2v) is 8.81. The lowest BCUT2D eigenvalue weighted by molar-refractivity contribution is 0.0527. The quantitative estimate of drug-likeness (QED) is 0.431. The summed E-state index contributed by atoms with van der Waals surface area (Å²) < 4.78 is 9.67. The average molecular weight is 427 g/mol. The molecule has 0 unspecified atom stereocenters. The van der Waals surface area contributed by atoms with Crippen LogP contribution in [-0.4, -0.2) is 26.9 Å². The van der Waals surface area contributed by atoms with Crippen molar-refractivity contribution in [2.75, 3.05) is 6.61 Å². The van der Waals surface area contributed by atoms with E-state index in [0.717, 1.165) is 63.6 Å². The van der Waals surface area contributed by atoms with Gasteiger partial charge < -0.3 is 9.30 Å². The summed E-state index contributed by atoms with van der Waals surface area (Å²) in [5.41, 5.74) is 6.86. The maximum absolute atomic E-state index is 13.3. The molecule has 0 amide bonds. The summed E-state index contributed by atoms with van der Waals surface area (Å²) in [6.07, 6.45) is 3.44. The average Bonchev–Trinajstić information content (AvgIpc) is 3.31. The van der Waals surface area contributed by atoms with Crippen molar-refractivity contribution in [1.29, 1.82) is 5.26 Å². The Morgan fingerprint density at radius 1 is 1.28 bits per heavy atom. The molecule has 0 spiro atoms. The summed E-state index contributed by atoms with van der Waals surface area (Å²) >= 11 is 0. The number of hydrogen-bond donors (Lipinski definition) is 0. The number of aryl methyl sites for hydroxylation is 2. The third-order valence-corrected chi connectivity index (χ3v) is 6.39. The van der Waals surface area contributed by atoms with E-state index in [1.54, 1.807) is 6.92 Å². The van der Waals surface area contributed by atoms with Crippen LogP contribution in [0, 0.1) is 17.2 Å². The van der Waals surface area contributed by atoms with E-state index in [9.17, 15) is 10.1 Å². The first-order valence-electron chi connectivity index (χ1n) is 11.2. The van der Waals surface area contributed by atoms with E-state index in [-0.39, 0.29) is 6.61 Å². The highest BCUT2D eigenvalue weighted by Crippen LogP contribution is 2.45. The smallest absolute Gasteiger partial charge is 0.340 e. The van der Waals surface area contributed by atoms with Crippen LogP contribution in [0.5, 0.6) is 0 Å². The van der Waals surface area contributed by atoms with Crippen molar-refractivity contribution in [2.24, 2.45) is 13.0 Å². The van der Waals surface area contributed by atoms with Gasteiger partial charge in [0.2, 0.25) is 0 Å². The van der Waals surface area contributed by atoms with Gasteiger partial charge in [-0.25, -0.2) is 4.79 Å². The van der Waals surface area contributed by atoms with Crippen LogP contribution in [0.2, 0.25) is 0 Å². The molecular formula is C26H26N4O2. The van der Waals surface area contributed by atoms with E-state index in [1.165, 1.54) is 0 Å². The number of carbonyl (C=O) groups excluding carboxylic acids is 1. The van der Waals surface area contributed by atoms with E-state index >= 15 is 0 Å². The van der Waals surface area contributed by atoms with Crippen LogP contribution < -0.4 is 0 Å². The zero-order valence-corrected chi connectivity index (χ0v) is 18.9. The molecule has 0 aliphatic heterocycles. The van der Waals surface area contributed by atoms with Crippen LogP contribution in [0.25, 0.3) is 32.9 Å². The minimum Gasteiger partial charge on any atom is -0.462 e. The summed E-state index contributed by atoms with van der Waals surface area (Å²) in [4.78, 5) is 13.3. The molecule has 6 nitrogen and oxygen atoms in total. The van der Waals surface area contributed by atoms with Gasteiger partial charge in [0.15, 0.2) is 0 Å². The van der Waals surface area contributed by atoms with Gasteiger partial charge in [0, 0.05) is 46.7 Å². The topological polar surface area (TPSA) is 72.8 Å². The molecule has 6 heteroatoms. The standard InChI is InChI=1S/C26H26N4O2/c1-5-32-26(31)24-18(12-27)23-16-8-6-7-9-21(16)30(14-15(2)3)25(23)17-10-11-20-19(22(17)24)13-28-29(20)4/h6-9,13,15H,5,10-11,14H2,1-4H3. The Labute approximate surface area is 187 Å². The predicted octanol–water partition coefficient (Wildman–Crippen LogP) is 5.00. The number of ether oxygens (including phenoxy) is 1. The number of esters is 1. The zero-order valence-electron chi connectivity index (χ0n) is 18.9. The number of aromatic nitrogens is 3. The molecule has 0 radical (unpaired) electrons. The number of rotatable bonds is 4. The largest absolute Gasteiger partial charge is 0.462 e. The number of carbonyl (C=O) groups is 1. The van der Waals surface area contributed by atoms with Gasteiger partial charge in [-0.05, 0) is 37.3 Å². The Morgan fingerprint density at radius 3 is 2.78 bits per heavy atom. The first kappa shape index (κ1) is 20.3. The Balaban J connectivity index is 2.04. The summed E-state index contributed by atoms with van der Waals surface area (Å²) in [6.45, 7) is 7.28. The molecule has 0 fully saturated rings. The lowest BCUT2D eigenvalue weighted by atomic mass is 9.82. The molecule has 162 valence electrons. The van der Waals surface area contributed by atoms with Crippen LogP contribution >= 0.6 is 0 Å². The van der Waals surface area contributed by atoms with E-state index < -0.39 is 5.97 Å². The Bertz CT molecular complexity index is 1430. The molecule has 4 aromatic rings. The monoisotopic (exact) mass is 426 g/mol. The third-order valence-electron chi connectivity index (χ3n) is 6.39. The molecule has 0 bridgehead atoms. The number of hydrogen-bond acceptors (Lipinski definition) is 4. The second kappa shape index (κ2) is 7.52. The molecular weight excluding hydrogens is 400 g/mol. The summed E-state index contributed by atoms with van der Waals surface area (Å²) in [6, 6.07) is 10.6. The van der Waals surface area contributed by atoms with Gasteiger partial charge in [0.05, 0.1) is 29.4 Å². The lowest BCUT2D eigenvalue weighted by Crippen LogP contribution is -2.17. The summed E-state index contributed by atoms with van der Waals surface area (Å²) in [5, 5.41) is 16.7. The van der Waals surface area contributed by atoms with Crippen LogP contribution in [0.1, 0.15) is 48.0 Å². The highest BCUT2D eigenvalue weighted by Gasteiger charge is 2.33. The van der Waals surface area contributed by atoms with Crippen molar-refractivity contribution >= 4 is 27.8 Å². The Kier molecular flexibility index (Phi) is 4.78. The lowest BCUT2D eigenvalue weighted by Gasteiger charge is -2.24. The fraction of sp³-hybridized carbons (Fsp3) is 0.346. The molecule has 32 heavy (non-hydrogen) atoms. The van der Waals surface area contributed by atoms with Gasteiger partial charge in [-0.2, -0.15) is 10.4 Å². The minimum absolute atomic E-state index is 0.255. The minimum atomic E-state index is -0.445. The highest BCUT2D eigenvalue weighted by molar-refractivity contribution is 6.18. The molecule has 1 aliphatic rings. The molecule has 2 aromatic carbocycles.